The van der Waals surface area contributed by atoms with Gasteiger partial charge < -0.3 is 21.0 Å². The minimum atomic E-state index is -1.16. The summed E-state index contributed by atoms with van der Waals surface area (Å²) in [7, 11) is 0. The second-order valence-electron chi connectivity index (χ2n) is 4.12. The molecule has 7 nitrogen and oxygen atoms in total. The highest BCUT2D eigenvalue weighted by molar-refractivity contribution is 6.10. The topological polar surface area (TPSA) is 128 Å². The number of carboxylic acids is 1. The molecule has 0 fully saturated rings. The van der Waals surface area contributed by atoms with E-state index in [9.17, 15) is 9.90 Å². The summed E-state index contributed by atoms with van der Waals surface area (Å²) in [5.41, 5.74) is 11.8. The van der Waals surface area contributed by atoms with Crippen molar-refractivity contribution in [2.75, 3.05) is 11.5 Å². The van der Waals surface area contributed by atoms with E-state index in [1.807, 2.05) is 6.07 Å². The zero-order chi connectivity index (χ0) is 14.3. The van der Waals surface area contributed by atoms with Gasteiger partial charge in [0.2, 0.25) is 11.7 Å². The lowest BCUT2D eigenvalue weighted by Crippen LogP contribution is -2.03. The third-order valence-electron chi connectivity index (χ3n) is 2.85. The number of fused-ring (bicyclic) bond motifs is 1. The van der Waals surface area contributed by atoms with Crippen LogP contribution >= 0.6 is 0 Å². The van der Waals surface area contributed by atoms with Gasteiger partial charge in [0.15, 0.2) is 5.76 Å². The summed E-state index contributed by atoms with van der Waals surface area (Å²) in [4.78, 5) is 19.2. The Morgan fingerprint density at radius 3 is 2.50 bits per heavy atom. The maximum atomic E-state index is 11.5. The van der Waals surface area contributed by atoms with Gasteiger partial charge in [0.05, 0.1) is 5.39 Å². The number of nitrogens with two attached hydrogens (primary N) is 2. The first kappa shape index (κ1) is 12.0. The number of hydrogen-bond donors (Lipinski definition) is 3. The Labute approximate surface area is 112 Å². The highest BCUT2D eigenvalue weighted by Gasteiger charge is 2.25. The third kappa shape index (κ3) is 1.72. The van der Waals surface area contributed by atoms with E-state index in [0.29, 0.717) is 5.56 Å². The Morgan fingerprint density at radius 2 is 1.85 bits per heavy atom. The highest BCUT2D eigenvalue weighted by atomic mass is 16.4. The Bertz CT molecular complexity index is 811. The first-order valence-electron chi connectivity index (χ1n) is 5.72. The Kier molecular flexibility index (Phi) is 2.53. The molecule has 0 aliphatic heterocycles. The van der Waals surface area contributed by atoms with Crippen LogP contribution in [0.4, 0.5) is 11.8 Å². The smallest absolute Gasteiger partial charge is 0.340 e. The van der Waals surface area contributed by atoms with Gasteiger partial charge in [-0.15, -0.1) is 0 Å². The molecule has 2 aromatic heterocycles. The number of hydrogen-bond acceptors (Lipinski definition) is 6. The third-order valence-corrected chi connectivity index (χ3v) is 2.85. The van der Waals surface area contributed by atoms with E-state index in [-0.39, 0.29) is 34.2 Å². The largest absolute Gasteiger partial charge is 0.478 e. The van der Waals surface area contributed by atoms with Crippen LogP contribution in [0.3, 0.4) is 0 Å². The number of furan rings is 1. The fourth-order valence-electron chi connectivity index (χ4n) is 2.04. The number of nitrogens with zero attached hydrogens (tertiary/aromatic N) is 2. The summed E-state index contributed by atoms with van der Waals surface area (Å²) in [5.74, 6) is -1.07. The van der Waals surface area contributed by atoms with E-state index in [4.69, 9.17) is 15.9 Å². The lowest BCUT2D eigenvalue weighted by Gasteiger charge is -1.99. The quantitative estimate of drug-likeness (QED) is 0.647. The number of anilines is 2. The molecule has 0 bridgehead atoms. The molecule has 0 saturated carbocycles. The molecule has 0 spiro atoms. The van der Waals surface area contributed by atoms with E-state index in [2.05, 4.69) is 9.97 Å². The molecular weight excluding hydrogens is 260 g/mol. The number of carboxylic acid groups (broad SMARTS) is 1. The van der Waals surface area contributed by atoms with Crippen LogP contribution in [0.1, 0.15) is 10.4 Å². The van der Waals surface area contributed by atoms with Crippen molar-refractivity contribution in [3.05, 3.63) is 35.9 Å². The van der Waals surface area contributed by atoms with Crippen LogP contribution in [0.25, 0.3) is 22.4 Å². The SMILES string of the molecule is Nc1nc(N)c2c(C(=O)O)c(-c3ccccc3)oc2n1. The lowest BCUT2D eigenvalue weighted by molar-refractivity contribution is 0.0699. The second kappa shape index (κ2) is 4.23. The molecule has 3 rings (SSSR count). The predicted molar refractivity (Wildman–Crippen MR) is 73.0 cm³/mol. The zero-order valence-corrected chi connectivity index (χ0v) is 10.2. The van der Waals surface area contributed by atoms with Crippen molar-refractivity contribution in [1.29, 1.82) is 0 Å². The standard InChI is InChI=1S/C13H10N4O3/c14-10-8-7(12(18)19)9(6-4-2-1-3-5-6)20-11(8)17-13(15)16-10/h1-5H,(H,18,19)(H4,14,15,16,17). The van der Waals surface area contributed by atoms with E-state index in [1.165, 1.54) is 0 Å². The summed E-state index contributed by atoms with van der Waals surface area (Å²) in [6, 6.07) is 8.84. The lowest BCUT2D eigenvalue weighted by atomic mass is 10.1. The summed E-state index contributed by atoms with van der Waals surface area (Å²) >= 11 is 0. The molecule has 5 N–H and O–H groups in total. The average Bonchev–Trinajstić information content (AvgIpc) is 2.79. The van der Waals surface area contributed by atoms with E-state index in [0.717, 1.165) is 0 Å². The summed E-state index contributed by atoms with van der Waals surface area (Å²) < 4.78 is 5.52. The molecule has 3 aromatic rings. The van der Waals surface area contributed by atoms with Gasteiger partial charge in [0.25, 0.3) is 0 Å². The normalized spacial score (nSPS) is 10.8. The number of rotatable bonds is 2. The maximum absolute atomic E-state index is 11.5. The molecule has 0 amide bonds. The number of nitrogen functional groups attached to an aromatic ring is 2. The molecule has 0 unspecified atom stereocenters. The van der Waals surface area contributed by atoms with Crippen molar-refractivity contribution in [3.63, 3.8) is 0 Å². The van der Waals surface area contributed by atoms with Gasteiger partial charge in [0.1, 0.15) is 11.4 Å². The molecule has 7 heteroatoms. The van der Waals surface area contributed by atoms with Gasteiger partial charge in [-0.2, -0.15) is 9.97 Å². The van der Waals surface area contributed by atoms with Gasteiger partial charge in [-0.3, -0.25) is 0 Å². The predicted octanol–water partition coefficient (Wildman–Crippen LogP) is 1.75. The Morgan fingerprint density at radius 1 is 1.15 bits per heavy atom. The number of aromatic carboxylic acids is 1. The van der Waals surface area contributed by atoms with Crippen molar-refractivity contribution in [1.82, 2.24) is 9.97 Å². The zero-order valence-electron chi connectivity index (χ0n) is 10.2. The van der Waals surface area contributed by atoms with E-state index >= 15 is 0 Å². The van der Waals surface area contributed by atoms with Crippen LogP contribution in [0.5, 0.6) is 0 Å². The van der Waals surface area contributed by atoms with Gasteiger partial charge in [-0.05, 0) is 0 Å². The fraction of sp³-hybridized carbons (Fsp3) is 0. The molecule has 1 aromatic carbocycles. The van der Waals surface area contributed by atoms with Gasteiger partial charge in [0, 0.05) is 5.56 Å². The molecule has 0 saturated heterocycles. The van der Waals surface area contributed by atoms with Gasteiger partial charge in [-0.25, -0.2) is 4.79 Å². The van der Waals surface area contributed by atoms with Crippen LogP contribution in [0, 0.1) is 0 Å². The monoisotopic (exact) mass is 270 g/mol. The maximum Gasteiger partial charge on any atom is 0.340 e. The average molecular weight is 270 g/mol. The molecule has 0 radical (unpaired) electrons. The summed E-state index contributed by atoms with van der Waals surface area (Å²) in [5, 5.41) is 9.56. The van der Waals surface area contributed by atoms with Gasteiger partial charge >= 0.3 is 5.97 Å². The van der Waals surface area contributed by atoms with Crippen molar-refractivity contribution >= 4 is 28.8 Å². The van der Waals surface area contributed by atoms with Crippen molar-refractivity contribution in [3.8, 4) is 11.3 Å². The fourth-order valence-corrected chi connectivity index (χ4v) is 2.04. The molecule has 0 atom stereocenters. The Hall–Kier alpha value is -3.09. The Balaban J connectivity index is 2.41. The van der Waals surface area contributed by atoms with E-state index < -0.39 is 5.97 Å². The first-order valence-corrected chi connectivity index (χ1v) is 5.72. The number of aromatic nitrogens is 2. The molecule has 2 heterocycles. The van der Waals surface area contributed by atoms with Crippen molar-refractivity contribution < 1.29 is 14.3 Å². The number of carbonyl (C=O) groups is 1. The van der Waals surface area contributed by atoms with E-state index in [1.54, 1.807) is 24.3 Å². The van der Waals surface area contributed by atoms with Crippen LogP contribution < -0.4 is 11.5 Å². The van der Waals surface area contributed by atoms with Crippen LogP contribution in [0.2, 0.25) is 0 Å². The van der Waals surface area contributed by atoms with Crippen molar-refractivity contribution in [2.24, 2.45) is 0 Å². The van der Waals surface area contributed by atoms with Gasteiger partial charge in [-0.1, -0.05) is 30.3 Å². The molecule has 20 heavy (non-hydrogen) atoms. The minimum Gasteiger partial charge on any atom is -0.478 e. The van der Waals surface area contributed by atoms with Crippen LogP contribution in [-0.4, -0.2) is 21.0 Å². The van der Waals surface area contributed by atoms with Crippen LogP contribution in [-0.2, 0) is 0 Å². The second-order valence-corrected chi connectivity index (χ2v) is 4.12. The molecule has 0 aliphatic carbocycles. The molecule has 0 aliphatic rings. The van der Waals surface area contributed by atoms with Crippen molar-refractivity contribution in [2.45, 2.75) is 0 Å². The molecule has 100 valence electrons. The molecular formula is C13H10N4O3. The summed E-state index contributed by atoms with van der Waals surface area (Å²) in [6.07, 6.45) is 0. The first-order chi connectivity index (χ1) is 9.58. The number of benzene rings is 1. The summed E-state index contributed by atoms with van der Waals surface area (Å²) in [6.45, 7) is 0. The highest BCUT2D eigenvalue weighted by Crippen LogP contribution is 2.35. The minimum absolute atomic E-state index is 0.0177. The van der Waals surface area contributed by atoms with Crippen LogP contribution in [0.15, 0.2) is 34.7 Å².